The minimum absolute atomic E-state index is 0.122. The molecule has 35 heavy (non-hydrogen) atoms. The van der Waals surface area contributed by atoms with Gasteiger partial charge in [0.15, 0.2) is 0 Å². The molecular formula is C27H25N3O5. The third-order valence-electron chi connectivity index (χ3n) is 5.57. The fraction of sp³-hybridized carbons (Fsp3) is 0.185. The molecule has 1 aliphatic heterocycles. The van der Waals surface area contributed by atoms with Crippen LogP contribution in [0, 0.1) is 5.92 Å². The molecule has 2 N–H and O–H groups in total. The highest BCUT2D eigenvalue weighted by atomic mass is 16.5. The number of para-hydroxylation sites is 3. The van der Waals surface area contributed by atoms with Gasteiger partial charge in [-0.1, -0.05) is 38.1 Å². The summed E-state index contributed by atoms with van der Waals surface area (Å²) in [4.78, 5) is 52.8. The number of benzene rings is 3. The van der Waals surface area contributed by atoms with Gasteiger partial charge in [-0.25, -0.2) is 4.90 Å². The van der Waals surface area contributed by atoms with Crippen LogP contribution in [-0.2, 0) is 0 Å². The number of hydrogen-bond acceptors (Lipinski definition) is 5. The number of hydrogen-bond donors (Lipinski definition) is 2. The van der Waals surface area contributed by atoms with E-state index in [9.17, 15) is 19.2 Å². The quantitative estimate of drug-likeness (QED) is 0.504. The number of carbonyl (C=O) groups is 4. The Morgan fingerprint density at radius 2 is 1.57 bits per heavy atom. The number of methoxy groups -OCH3 is 1. The van der Waals surface area contributed by atoms with Gasteiger partial charge in [0, 0.05) is 12.1 Å². The lowest BCUT2D eigenvalue weighted by Crippen LogP contribution is -2.29. The van der Waals surface area contributed by atoms with Gasteiger partial charge in [-0.2, -0.15) is 0 Å². The van der Waals surface area contributed by atoms with Crippen molar-refractivity contribution in [3.8, 4) is 5.75 Å². The van der Waals surface area contributed by atoms with Gasteiger partial charge in [-0.3, -0.25) is 19.2 Å². The molecule has 0 spiro atoms. The maximum atomic E-state index is 13.1. The van der Waals surface area contributed by atoms with Crippen LogP contribution < -0.4 is 20.3 Å². The number of anilines is 2. The second-order valence-electron chi connectivity index (χ2n) is 8.48. The first kappa shape index (κ1) is 23.7. The molecule has 0 atom stereocenters. The van der Waals surface area contributed by atoms with Crippen molar-refractivity contribution < 1.29 is 23.9 Å². The molecule has 178 valence electrons. The Balaban J connectivity index is 1.59. The first-order chi connectivity index (χ1) is 16.8. The van der Waals surface area contributed by atoms with Crippen LogP contribution in [0.4, 0.5) is 11.4 Å². The molecule has 0 bridgehead atoms. The lowest BCUT2D eigenvalue weighted by Gasteiger charge is -2.16. The lowest BCUT2D eigenvalue weighted by atomic mass is 10.0. The van der Waals surface area contributed by atoms with Crippen molar-refractivity contribution in [2.45, 2.75) is 13.8 Å². The maximum Gasteiger partial charge on any atom is 0.266 e. The van der Waals surface area contributed by atoms with E-state index in [0.29, 0.717) is 29.2 Å². The summed E-state index contributed by atoms with van der Waals surface area (Å²) in [5, 5.41) is 5.58. The Morgan fingerprint density at radius 1 is 0.886 bits per heavy atom. The van der Waals surface area contributed by atoms with Crippen LogP contribution in [0.2, 0.25) is 0 Å². The Morgan fingerprint density at radius 3 is 2.31 bits per heavy atom. The second kappa shape index (κ2) is 9.80. The molecule has 8 heteroatoms. The highest BCUT2D eigenvalue weighted by molar-refractivity contribution is 6.35. The summed E-state index contributed by atoms with van der Waals surface area (Å²) in [5.41, 5.74) is 1.51. The van der Waals surface area contributed by atoms with Crippen LogP contribution >= 0.6 is 0 Å². The highest BCUT2D eigenvalue weighted by Gasteiger charge is 2.38. The van der Waals surface area contributed by atoms with Crippen molar-refractivity contribution in [3.63, 3.8) is 0 Å². The third kappa shape index (κ3) is 4.63. The van der Waals surface area contributed by atoms with Crippen molar-refractivity contribution in [2.24, 2.45) is 5.92 Å². The fourth-order valence-electron chi connectivity index (χ4n) is 3.79. The molecule has 4 rings (SSSR count). The zero-order chi connectivity index (χ0) is 25.1. The number of carbonyl (C=O) groups excluding carboxylic acids is 4. The molecule has 0 aliphatic carbocycles. The SMILES string of the molecule is COc1ccccc1N1C(=O)c2ccc(C(=O)Nc3ccccc3C(=O)NCC(C)C)cc2C1=O. The van der Waals surface area contributed by atoms with E-state index in [-0.39, 0.29) is 28.5 Å². The van der Waals surface area contributed by atoms with E-state index in [1.807, 2.05) is 13.8 Å². The maximum absolute atomic E-state index is 13.1. The first-order valence-electron chi connectivity index (χ1n) is 11.2. The Labute approximate surface area is 202 Å². The van der Waals surface area contributed by atoms with E-state index in [1.54, 1.807) is 48.5 Å². The number of nitrogens with one attached hydrogen (secondary N) is 2. The van der Waals surface area contributed by atoms with Gasteiger partial charge in [-0.05, 0) is 48.4 Å². The van der Waals surface area contributed by atoms with Crippen LogP contribution in [0.3, 0.4) is 0 Å². The Bertz CT molecular complexity index is 1330. The number of imide groups is 1. The van der Waals surface area contributed by atoms with Crippen molar-refractivity contribution in [3.05, 3.63) is 89.0 Å². The molecule has 0 saturated carbocycles. The van der Waals surface area contributed by atoms with Crippen LogP contribution in [0.15, 0.2) is 66.7 Å². The van der Waals surface area contributed by atoms with Gasteiger partial charge < -0.3 is 15.4 Å². The molecule has 4 amide bonds. The summed E-state index contributed by atoms with van der Waals surface area (Å²) in [6.07, 6.45) is 0. The van der Waals surface area contributed by atoms with Gasteiger partial charge in [0.2, 0.25) is 0 Å². The predicted molar refractivity (Wildman–Crippen MR) is 132 cm³/mol. The minimum atomic E-state index is -0.544. The monoisotopic (exact) mass is 471 g/mol. The van der Waals surface area contributed by atoms with Crippen LogP contribution in [0.25, 0.3) is 0 Å². The molecule has 0 unspecified atom stereocenters. The largest absolute Gasteiger partial charge is 0.495 e. The summed E-state index contributed by atoms with van der Waals surface area (Å²) in [7, 11) is 1.46. The van der Waals surface area contributed by atoms with Crippen molar-refractivity contribution in [1.82, 2.24) is 5.32 Å². The normalized spacial score (nSPS) is 12.5. The number of amides is 4. The molecule has 3 aromatic carbocycles. The molecule has 8 nitrogen and oxygen atoms in total. The van der Waals surface area contributed by atoms with Gasteiger partial charge >= 0.3 is 0 Å². The van der Waals surface area contributed by atoms with Crippen molar-refractivity contribution in [2.75, 3.05) is 23.9 Å². The van der Waals surface area contributed by atoms with Gasteiger partial charge in [0.1, 0.15) is 5.75 Å². The van der Waals surface area contributed by atoms with Crippen molar-refractivity contribution in [1.29, 1.82) is 0 Å². The van der Waals surface area contributed by atoms with E-state index >= 15 is 0 Å². The molecule has 1 aliphatic rings. The predicted octanol–water partition coefficient (Wildman–Crippen LogP) is 4.13. The average Bonchev–Trinajstić information content (AvgIpc) is 3.11. The van der Waals surface area contributed by atoms with Gasteiger partial charge in [-0.15, -0.1) is 0 Å². The second-order valence-corrected chi connectivity index (χ2v) is 8.48. The number of ether oxygens (including phenoxy) is 1. The molecule has 0 aromatic heterocycles. The zero-order valence-electron chi connectivity index (χ0n) is 19.6. The first-order valence-corrected chi connectivity index (χ1v) is 11.2. The van der Waals surface area contributed by atoms with Crippen molar-refractivity contribution >= 4 is 35.0 Å². The summed E-state index contributed by atoms with van der Waals surface area (Å²) < 4.78 is 5.30. The average molecular weight is 472 g/mol. The summed E-state index contributed by atoms with van der Waals surface area (Å²) >= 11 is 0. The van der Waals surface area contributed by atoms with Gasteiger partial charge in [0.05, 0.1) is 35.2 Å². The number of rotatable bonds is 7. The molecule has 0 saturated heterocycles. The standard InChI is InChI=1S/C27H25N3O5/c1-16(2)15-28-25(32)19-8-4-5-9-21(19)29-24(31)17-12-13-18-20(14-17)27(34)30(26(18)33)22-10-6-7-11-23(22)35-3/h4-14,16H,15H2,1-3H3,(H,28,32)(H,29,31). The third-order valence-corrected chi connectivity index (χ3v) is 5.57. The van der Waals surface area contributed by atoms with E-state index in [0.717, 1.165) is 4.90 Å². The Kier molecular flexibility index (Phi) is 6.64. The molecule has 0 radical (unpaired) electrons. The smallest absolute Gasteiger partial charge is 0.266 e. The van der Waals surface area contributed by atoms with E-state index in [4.69, 9.17) is 4.74 Å². The minimum Gasteiger partial charge on any atom is -0.495 e. The topological polar surface area (TPSA) is 105 Å². The van der Waals surface area contributed by atoms with E-state index in [2.05, 4.69) is 10.6 Å². The fourth-order valence-corrected chi connectivity index (χ4v) is 3.79. The van der Waals surface area contributed by atoms with Crippen LogP contribution in [0.5, 0.6) is 5.75 Å². The summed E-state index contributed by atoms with van der Waals surface area (Å²) in [6.45, 7) is 4.48. The molecule has 0 fully saturated rings. The summed E-state index contributed by atoms with van der Waals surface area (Å²) in [5.74, 6) is -1.17. The van der Waals surface area contributed by atoms with E-state index < -0.39 is 17.7 Å². The van der Waals surface area contributed by atoms with Gasteiger partial charge in [0.25, 0.3) is 23.6 Å². The Hall–Kier alpha value is -4.46. The molecule has 1 heterocycles. The summed E-state index contributed by atoms with van der Waals surface area (Å²) in [6, 6.07) is 17.7. The number of fused-ring (bicyclic) bond motifs is 1. The zero-order valence-corrected chi connectivity index (χ0v) is 19.6. The van der Waals surface area contributed by atoms with E-state index in [1.165, 1.54) is 25.3 Å². The van der Waals surface area contributed by atoms with Crippen LogP contribution in [0.1, 0.15) is 55.3 Å². The number of nitrogens with zero attached hydrogens (tertiary/aromatic N) is 1. The lowest BCUT2D eigenvalue weighted by molar-refractivity contribution is 0.0920. The molecular weight excluding hydrogens is 446 g/mol. The van der Waals surface area contributed by atoms with Crippen LogP contribution in [-0.4, -0.2) is 37.3 Å². The molecule has 3 aromatic rings. The highest BCUT2D eigenvalue weighted by Crippen LogP contribution is 2.35.